The van der Waals surface area contributed by atoms with E-state index in [9.17, 15) is 4.79 Å². The topological polar surface area (TPSA) is 90.6 Å². The fourth-order valence-corrected chi connectivity index (χ4v) is 2.64. The van der Waals surface area contributed by atoms with Crippen LogP contribution in [0.5, 0.6) is 5.75 Å². The van der Waals surface area contributed by atoms with Crippen molar-refractivity contribution in [1.82, 2.24) is 9.97 Å². The van der Waals surface area contributed by atoms with Gasteiger partial charge in [-0.15, -0.1) is 0 Å². The van der Waals surface area contributed by atoms with Gasteiger partial charge in [0, 0.05) is 0 Å². The van der Waals surface area contributed by atoms with Crippen molar-refractivity contribution < 1.29 is 14.3 Å². The first kappa shape index (κ1) is 12.4. The minimum Gasteiger partial charge on any atom is -0.485 e. The molecule has 1 fully saturated rings. The van der Waals surface area contributed by atoms with Gasteiger partial charge in [-0.25, -0.2) is 4.98 Å². The summed E-state index contributed by atoms with van der Waals surface area (Å²) in [6, 6.07) is 0.177. The first-order chi connectivity index (χ1) is 9.08. The molecule has 3 rings (SSSR count). The van der Waals surface area contributed by atoms with Gasteiger partial charge in [0.15, 0.2) is 17.3 Å². The predicted octanol–water partition coefficient (Wildman–Crippen LogP) is 0.215. The zero-order valence-corrected chi connectivity index (χ0v) is 11.1. The van der Waals surface area contributed by atoms with Crippen molar-refractivity contribution in [2.45, 2.75) is 19.0 Å². The minimum atomic E-state index is -0.681. The standard InChI is InChI=1S/C11H13ClN4O3/c1-5-2-18-3-6-4-19-8-7(9(13)17)14-11(12)15-10(8)16(5)6/h5-6H,2-4H2,1H3,(H2,13,17). The van der Waals surface area contributed by atoms with Gasteiger partial charge in [-0.1, -0.05) is 0 Å². The quantitative estimate of drug-likeness (QED) is 0.742. The van der Waals surface area contributed by atoms with Crippen LogP contribution in [0.4, 0.5) is 5.82 Å². The maximum atomic E-state index is 11.4. The van der Waals surface area contributed by atoms with Gasteiger partial charge in [-0.3, -0.25) is 4.79 Å². The number of nitrogens with zero attached hydrogens (tertiary/aromatic N) is 3. The number of halogens is 1. The number of aromatic nitrogens is 2. The van der Waals surface area contributed by atoms with Gasteiger partial charge in [-0.05, 0) is 18.5 Å². The van der Waals surface area contributed by atoms with E-state index in [1.54, 1.807) is 0 Å². The van der Waals surface area contributed by atoms with Crippen molar-refractivity contribution in [3.8, 4) is 5.75 Å². The van der Waals surface area contributed by atoms with E-state index in [2.05, 4.69) is 14.9 Å². The Morgan fingerprint density at radius 2 is 2.21 bits per heavy atom. The summed E-state index contributed by atoms with van der Waals surface area (Å²) in [6.07, 6.45) is 0. The molecule has 7 nitrogen and oxygen atoms in total. The van der Waals surface area contributed by atoms with Crippen molar-refractivity contribution in [1.29, 1.82) is 0 Å². The Morgan fingerprint density at radius 1 is 1.42 bits per heavy atom. The normalized spacial score (nSPS) is 25.3. The molecule has 1 aromatic heterocycles. The minimum absolute atomic E-state index is 0.0181. The van der Waals surface area contributed by atoms with E-state index >= 15 is 0 Å². The molecule has 1 saturated heterocycles. The number of carbonyl (C=O) groups excluding carboxylic acids is 1. The molecule has 2 atom stereocenters. The molecule has 2 unspecified atom stereocenters. The highest BCUT2D eigenvalue weighted by atomic mass is 35.5. The van der Waals surface area contributed by atoms with E-state index in [0.29, 0.717) is 31.4 Å². The van der Waals surface area contributed by atoms with Gasteiger partial charge in [-0.2, -0.15) is 4.98 Å². The van der Waals surface area contributed by atoms with Crippen molar-refractivity contribution in [2.24, 2.45) is 5.73 Å². The molecule has 2 aliphatic rings. The number of fused-ring (bicyclic) bond motifs is 3. The molecule has 0 aliphatic carbocycles. The van der Waals surface area contributed by atoms with Crippen LogP contribution in [0.25, 0.3) is 0 Å². The highest BCUT2D eigenvalue weighted by Gasteiger charge is 2.38. The van der Waals surface area contributed by atoms with Crippen LogP contribution in [0, 0.1) is 0 Å². The smallest absolute Gasteiger partial charge is 0.271 e. The lowest BCUT2D eigenvalue weighted by Gasteiger charge is -2.44. The van der Waals surface area contributed by atoms with E-state index in [4.69, 9.17) is 26.8 Å². The molecule has 3 heterocycles. The average molecular weight is 285 g/mol. The summed E-state index contributed by atoms with van der Waals surface area (Å²) in [5, 5.41) is -0.0181. The molecule has 102 valence electrons. The second-order valence-corrected chi connectivity index (χ2v) is 4.95. The summed E-state index contributed by atoms with van der Waals surface area (Å²) in [7, 11) is 0. The highest BCUT2D eigenvalue weighted by molar-refractivity contribution is 6.28. The van der Waals surface area contributed by atoms with E-state index in [1.807, 2.05) is 6.92 Å². The maximum absolute atomic E-state index is 11.4. The van der Waals surface area contributed by atoms with Crippen LogP contribution in [0.15, 0.2) is 0 Å². The Hall–Kier alpha value is -1.60. The summed E-state index contributed by atoms with van der Waals surface area (Å²) < 4.78 is 11.1. The van der Waals surface area contributed by atoms with E-state index in [1.165, 1.54) is 0 Å². The lowest BCUT2D eigenvalue weighted by molar-refractivity contribution is 0.0483. The molecule has 0 spiro atoms. The lowest BCUT2D eigenvalue weighted by Crippen LogP contribution is -2.56. The van der Waals surface area contributed by atoms with Crippen LogP contribution in [0.1, 0.15) is 17.4 Å². The average Bonchev–Trinajstić information content (AvgIpc) is 2.37. The first-order valence-corrected chi connectivity index (χ1v) is 6.32. The number of anilines is 1. The molecular weight excluding hydrogens is 272 g/mol. The number of hydrogen-bond acceptors (Lipinski definition) is 6. The van der Waals surface area contributed by atoms with Crippen LogP contribution in [0.3, 0.4) is 0 Å². The van der Waals surface area contributed by atoms with Crippen LogP contribution >= 0.6 is 11.6 Å². The third kappa shape index (κ3) is 1.98. The SMILES string of the molecule is CC1COCC2COc3c(C(N)=O)nc(Cl)nc3N12. The second-order valence-electron chi connectivity index (χ2n) is 4.62. The number of nitrogens with two attached hydrogens (primary N) is 1. The Labute approximate surface area is 114 Å². The molecule has 0 saturated carbocycles. The summed E-state index contributed by atoms with van der Waals surface area (Å²) in [5.41, 5.74) is 5.32. The van der Waals surface area contributed by atoms with Gasteiger partial charge in [0.25, 0.3) is 5.91 Å². The fourth-order valence-electron chi connectivity index (χ4n) is 2.47. The number of carbonyl (C=O) groups is 1. The van der Waals surface area contributed by atoms with E-state index in [0.717, 1.165) is 0 Å². The van der Waals surface area contributed by atoms with Gasteiger partial charge in [0.1, 0.15) is 6.61 Å². The summed E-state index contributed by atoms with van der Waals surface area (Å²) in [6.45, 7) is 3.56. The zero-order valence-electron chi connectivity index (χ0n) is 10.3. The predicted molar refractivity (Wildman–Crippen MR) is 67.6 cm³/mol. The number of amides is 1. The summed E-state index contributed by atoms with van der Waals surface area (Å²) in [5.74, 6) is 0.141. The van der Waals surface area contributed by atoms with Gasteiger partial charge in [0.2, 0.25) is 5.28 Å². The Bertz CT molecular complexity index is 539. The molecule has 0 radical (unpaired) electrons. The maximum Gasteiger partial charge on any atom is 0.271 e. The third-order valence-corrected chi connectivity index (χ3v) is 3.42. The Morgan fingerprint density at radius 3 is 2.95 bits per heavy atom. The monoisotopic (exact) mass is 284 g/mol. The molecular formula is C11H13ClN4O3. The summed E-state index contributed by atoms with van der Waals surface area (Å²) >= 11 is 5.86. The lowest BCUT2D eigenvalue weighted by atomic mass is 10.1. The van der Waals surface area contributed by atoms with E-state index < -0.39 is 5.91 Å². The largest absolute Gasteiger partial charge is 0.485 e. The molecule has 0 bridgehead atoms. The number of hydrogen-bond donors (Lipinski definition) is 1. The van der Waals surface area contributed by atoms with Crippen LogP contribution < -0.4 is 15.4 Å². The van der Waals surface area contributed by atoms with Gasteiger partial charge >= 0.3 is 0 Å². The molecule has 19 heavy (non-hydrogen) atoms. The fraction of sp³-hybridized carbons (Fsp3) is 0.545. The van der Waals surface area contributed by atoms with Crippen LogP contribution in [-0.4, -0.2) is 47.8 Å². The molecule has 1 aromatic rings. The number of ether oxygens (including phenoxy) is 2. The van der Waals surface area contributed by atoms with Crippen molar-refractivity contribution in [2.75, 3.05) is 24.7 Å². The summed E-state index contributed by atoms with van der Waals surface area (Å²) in [4.78, 5) is 21.5. The molecule has 1 amide bonds. The number of primary amides is 1. The van der Waals surface area contributed by atoms with Crippen molar-refractivity contribution in [3.63, 3.8) is 0 Å². The molecule has 2 N–H and O–H groups in total. The second kappa shape index (κ2) is 4.50. The highest BCUT2D eigenvalue weighted by Crippen LogP contribution is 2.37. The van der Waals surface area contributed by atoms with Crippen LogP contribution in [0.2, 0.25) is 5.28 Å². The van der Waals surface area contributed by atoms with Gasteiger partial charge < -0.3 is 20.1 Å². The van der Waals surface area contributed by atoms with Crippen LogP contribution in [-0.2, 0) is 4.74 Å². The Balaban J connectivity index is 2.13. The van der Waals surface area contributed by atoms with Gasteiger partial charge in [0.05, 0.1) is 25.3 Å². The Kier molecular flexibility index (Phi) is 2.94. The van der Waals surface area contributed by atoms with Crippen molar-refractivity contribution >= 4 is 23.3 Å². The first-order valence-electron chi connectivity index (χ1n) is 5.94. The molecule has 8 heteroatoms. The molecule has 0 aromatic carbocycles. The van der Waals surface area contributed by atoms with E-state index in [-0.39, 0.29) is 23.1 Å². The number of rotatable bonds is 1. The number of morpholine rings is 1. The zero-order chi connectivity index (χ0) is 13.6. The van der Waals surface area contributed by atoms with Crippen molar-refractivity contribution in [3.05, 3.63) is 11.0 Å². The third-order valence-electron chi connectivity index (χ3n) is 3.26. The molecule has 2 aliphatic heterocycles.